The van der Waals surface area contributed by atoms with Crippen molar-refractivity contribution in [2.75, 3.05) is 9.80 Å². The maximum absolute atomic E-state index is 2.40. The van der Waals surface area contributed by atoms with Gasteiger partial charge < -0.3 is 18.9 Å². The van der Waals surface area contributed by atoms with E-state index in [2.05, 4.69) is 480 Å². The summed E-state index contributed by atoms with van der Waals surface area (Å²) in [5.74, 6) is 0. The van der Waals surface area contributed by atoms with Gasteiger partial charge in [0, 0.05) is 67.0 Å². The average molecular weight is 1430 g/mol. The SMILES string of the molecule is c1ccc(-c2ccc(N(c3ccccc3)c3cccc(-c4ccc(-c5ccc6c(c5)c5ccccc5n6-c5cccc(-c6ccccc6)c5)cc4)c3)cc2)cc1.c1ccc(-c2ccc(N(c3ccccc3)c3cccc(-c4cccc(-c5ccc6c(c5)c5ccccc5n6-c5cccc(-c6ccccc6)c5)c4)c3)cc2)cc1. The van der Waals surface area contributed by atoms with Crippen LogP contribution >= 0.6 is 0 Å². The van der Waals surface area contributed by atoms with Crippen molar-refractivity contribution in [1.29, 1.82) is 0 Å². The van der Waals surface area contributed by atoms with Crippen LogP contribution in [0.1, 0.15) is 0 Å². The van der Waals surface area contributed by atoms with Gasteiger partial charge in [0.15, 0.2) is 0 Å². The summed E-state index contributed by atoms with van der Waals surface area (Å²) in [6, 6.07) is 166. The highest BCUT2D eigenvalue weighted by Gasteiger charge is 2.20. The third kappa shape index (κ3) is 13.6. The molecule has 0 amide bonds. The fourth-order valence-corrected chi connectivity index (χ4v) is 16.1. The maximum atomic E-state index is 2.40. The fraction of sp³-hybridized carbons (Fsp3) is 0. The summed E-state index contributed by atoms with van der Waals surface area (Å²) in [5, 5.41) is 4.99. The van der Waals surface area contributed by atoms with Gasteiger partial charge in [-0.1, -0.05) is 322 Å². The molecular weight excluding hydrogens is 1350 g/mol. The highest BCUT2D eigenvalue weighted by molar-refractivity contribution is 6.12. The van der Waals surface area contributed by atoms with Gasteiger partial charge in [-0.3, -0.25) is 0 Å². The lowest BCUT2D eigenvalue weighted by Gasteiger charge is -2.26. The topological polar surface area (TPSA) is 16.3 Å². The summed E-state index contributed by atoms with van der Waals surface area (Å²) in [6.07, 6.45) is 0. The van der Waals surface area contributed by atoms with Crippen LogP contribution in [-0.4, -0.2) is 9.13 Å². The van der Waals surface area contributed by atoms with E-state index in [0.717, 1.165) is 45.5 Å². The van der Waals surface area contributed by atoms with Crippen LogP contribution in [0.5, 0.6) is 0 Å². The molecule has 528 valence electrons. The Bertz CT molecular complexity index is 6690. The fourth-order valence-electron chi connectivity index (χ4n) is 16.1. The van der Waals surface area contributed by atoms with Crippen molar-refractivity contribution in [1.82, 2.24) is 9.13 Å². The van der Waals surface area contributed by atoms with Crippen molar-refractivity contribution < 1.29 is 0 Å². The maximum Gasteiger partial charge on any atom is 0.0541 e. The van der Waals surface area contributed by atoms with Crippen LogP contribution in [0, 0.1) is 0 Å². The summed E-state index contributed by atoms with van der Waals surface area (Å²) in [5.41, 5.74) is 33.0. The number of fused-ring (bicyclic) bond motifs is 6. The molecule has 0 atom stereocenters. The minimum absolute atomic E-state index is 1.11. The second kappa shape index (κ2) is 30.4. The van der Waals surface area contributed by atoms with Crippen molar-refractivity contribution in [3.63, 3.8) is 0 Å². The monoisotopic (exact) mass is 1430 g/mol. The van der Waals surface area contributed by atoms with Gasteiger partial charge in [0.05, 0.1) is 22.1 Å². The van der Waals surface area contributed by atoms with Gasteiger partial charge in [0.2, 0.25) is 0 Å². The van der Waals surface area contributed by atoms with Crippen LogP contribution in [0.4, 0.5) is 34.1 Å². The van der Waals surface area contributed by atoms with E-state index in [1.54, 1.807) is 0 Å². The first-order valence-electron chi connectivity index (χ1n) is 38.3. The molecule has 4 nitrogen and oxygen atoms in total. The molecule has 4 heteroatoms. The highest BCUT2D eigenvalue weighted by Crippen LogP contribution is 2.44. The second-order valence-corrected chi connectivity index (χ2v) is 28.4. The molecule has 0 N–H and O–H groups in total. The predicted molar refractivity (Wildman–Crippen MR) is 474 cm³/mol. The zero-order chi connectivity index (χ0) is 74.5. The number of para-hydroxylation sites is 4. The first kappa shape index (κ1) is 67.7. The molecule has 0 saturated heterocycles. The normalized spacial score (nSPS) is 11.2. The summed E-state index contributed by atoms with van der Waals surface area (Å²) in [7, 11) is 0. The molecular formula is C108H76N4. The molecule has 2 heterocycles. The smallest absolute Gasteiger partial charge is 0.0541 e. The van der Waals surface area contributed by atoms with Crippen LogP contribution in [0.3, 0.4) is 0 Å². The Morgan fingerprint density at radius 3 is 0.741 bits per heavy atom. The second-order valence-electron chi connectivity index (χ2n) is 28.4. The molecule has 0 aliphatic carbocycles. The van der Waals surface area contributed by atoms with E-state index in [4.69, 9.17) is 0 Å². The molecule has 0 fully saturated rings. The minimum atomic E-state index is 1.11. The number of hydrogen-bond acceptors (Lipinski definition) is 2. The molecule has 0 spiro atoms. The Morgan fingerprint density at radius 2 is 0.348 bits per heavy atom. The number of aromatic nitrogens is 2. The Hall–Kier alpha value is -14.8. The van der Waals surface area contributed by atoms with Crippen LogP contribution in [0.15, 0.2) is 461 Å². The van der Waals surface area contributed by atoms with E-state index in [-0.39, 0.29) is 0 Å². The Labute approximate surface area is 653 Å². The molecule has 0 saturated carbocycles. The quantitative estimate of drug-likeness (QED) is 0.0959. The van der Waals surface area contributed by atoms with Crippen LogP contribution in [0.2, 0.25) is 0 Å². The van der Waals surface area contributed by atoms with Crippen LogP contribution in [-0.2, 0) is 0 Å². The lowest BCUT2D eigenvalue weighted by Crippen LogP contribution is -2.09. The van der Waals surface area contributed by atoms with Gasteiger partial charge in [-0.15, -0.1) is 0 Å². The number of benzene rings is 18. The molecule has 18 aromatic carbocycles. The molecule has 0 aliphatic rings. The predicted octanol–water partition coefficient (Wildman–Crippen LogP) is 29.8. The van der Waals surface area contributed by atoms with Gasteiger partial charge in [0.25, 0.3) is 0 Å². The molecule has 0 radical (unpaired) electrons. The molecule has 20 aromatic rings. The largest absolute Gasteiger partial charge is 0.310 e. The van der Waals surface area contributed by atoms with Gasteiger partial charge in [-0.05, 0) is 229 Å². The number of hydrogen-bond donors (Lipinski definition) is 0. The summed E-state index contributed by atoms with van der Waals surface area (Å²) >= 11 is 0. The van der Waals surface area contributed by atoms with Gasteiger partial charge >= 0.3 is 0 Å². The summed E-state index contributed by atoms with van der Waals surface area (Å²) in [4.78, 5) is 4.66. The molecule has 0 aliphatic heterocycles. The Balaban J connectivity index is 0.000000151. The highest BCUT2D eigenvalue weighted by atomic mass is 15.1. The van der Waals surface area contributed by atoms with Crippen LogP contribution in [0.25, 0.3) is 144 Å². The van der Waals surface area contributed by atoms with Gasteiger partial charge in [-0.2, -0.15) is 0 Å². The number of rotatable bonds is 16. The van der Waals surface area contributed by atoms with Crippen molar-refractivity contribution in [3.05, 3.63) is 461 Å². The molecule has 0 unspecified atom stereocenters. The Kier molecular flexibility index (Phi) is 18.4. The zero-order valence-electron chi connectivity index (χ0n) is 61.7. The first-order valence-corrected chi connectivity index (χ1v) is 38.3. The average Bonchev–Trinajstić information content (AvgIpc) is 1.59. The van der Waals surface area contributed by atoms with Crippen molar-refractivity contribution in [3.8, 4) is 100 Å². The van der Waals surface area contributed by atoms with E-state index in [1.807, 2.05) is 0 Å². The van der Waals surface area contributed by atoms with Crippen molar-refractivity contribution in [2.24, 2.45) is 0 Å². The van der Waals surface area contributed by atoms with Gasteiger partial charge in [0.1, 0.15) is 0 Å². The lowest BCUT2D eigenvalue weighted by molar-refractivity contribution is 1.18. The molecule has 20 rings (SSSR count). The van der Waals surface area contributed by atoms with E-state index in [9.17, 15) is 0 Å². The number of anilines is 6. The minimum Gasteiger partial charge on any atom is -0.310 e. The van der Waals surface area contributed by atoms with Gasteiger partial charge in [-0.25, -0.2) is 0 Å². The Morgan fingerprint density at radius 1 is 0.125 bits per heavy atom. The van der Waals surface area contributed by atoms with E-state index >= 15 is 0 Å². The standard InChI is InChI=1S/2C54H38N2/c1-4-15-39(16-5-1)41-29-32-48(33-30-41)55(47-23-8-3-9-24-47)49-25-14-22-45(37-49)42-19-12-20-43(35-42)46-31-34-54-52(38-46)51-27-10-11-28-53(51)56(54)50-26-13-21-44(36-50)40-17-6-2-7-18-40;1-4-14-39(15-5-1)41-30-33-48(34-31-41)55(47-20-8-3-9-21-47)49-22-12-19-45(36-49)42-26-28-43(29-27-42)46-32-35-54-52(38-46)51-24-10-11-25-53(51)56(54)50-23-13-18-44(37-50)40-16-6-2-7-17-40/h2*1-38H. The third-order valence-electron chi connectivity index (χ3n) is 21.6. The molecule has 0 bridgehead atoms. The molecule has 2 aromatic heterocycles. The van der Waals surface area contributed by atoms with E-state index in [0.29, 0.717) is 0 Å². The summed E-state index contributed by atoms with van der Waals surface area (Å²) in [6.45, 7) is 0. The van der Waals surface area contributed by atoms with Crippen molar-refractivity contribution >= 4 is 77.7 Å². The third-order valence-corrected chi connectivity index (χ3v) is 21.6. The first-order chi connectivity index (χ1) is 55.5. The van der Waals surface area contributed by atoms with E-state index in [1.165, 1.54) is 133 Å². The summed E-state index contributed by atoms with van der Waals surface area (Å²) < 4.78 is 4.80. The van der Waals surface area contributed by atoms with E-state index < -0.39 is 0 Å². The molecule has 112 heavy (non-hydrogen) atoms. The lowest BCUT2D eigenvalue weighted by atomic mass is 9.97. The van der Waals surface area contributed by atoms with Crippen LogP contribution < -0.4 is 9.80 Å². The number of nitrogens with zero attached hydrogens (tertiary/aromatic N) is 4. The zero-order valence-corrected chi connectivity index (χ0v) is 61.7. The van der Waals surface area contributed by atoms with Crippen molar-refractivity contribution in [2.45, 2.75) is 0 Å².